The Balaban J connectivity index is 2.06. The van der Waals surface area contributed by atoms with Crippen LogP contribution in [0.3, 0.4) is 0 Å². The standard InChI is InChI=1S/C20H32FN5O2/c1-4-22-20(23-10-9-19(27)25(2)3)24-15-18(26-11-13-28-14-12-26)16-5-7-17(21)8-6-16/h5-8,18H,4,9-15H2,1-3H3,(H2,22,23,24). The molecule has 2 N–H and O–H groups in total. The van der Waals surface area contributed by atoms with Crippen LogP contribution in [0.5, 0.6) is 0 Å². The quantitative estimate of drug-likeness (QED) is 0.514. The van der Waals surface area contributed by atoms with Gasteiger partial charge in [-0.05, 0) is 24.6 Å². The Bertz CT molecular complexity index is 630. The van der Waals surface area contributed by atoms with Crippen molar-refractivity contribution in [3.8, 4) is 0 Å². The van der Waals surface area contributed by atoms with Gasteiger partial charge in [0.2, 0.25) is 5.91 Å². The van der Waals surface area contributed by atoms with Crippen molar-refractivity contribution >= 4 is 11.9 Å². The highest BCUT2D eigenvalue weighted by Gasteiger charge is 2.22. The summed E-state index contributed by atoms with van der Waals surface area (Å²) in [6.07, 6.45) is 0.405. The Morgan fingerprint density at radius 1 is 1.25 bits per heavy atom. The molecule has 1 aliphatic rings. The lowest BCUT2D eigenvalue weighted by atomic mass is 10.0. The summed E-state index contributed by atoms with van der Waals surface area (Å²) < 4.78 is 18.8. The maximum atomic E-state index is 13.4. The smallest absolute Gasteiger partial charge is 0.223 e. The molecule has 1 aliphatic heterocycles. The fourth-order valence-electron chi connectivity index (χ4n) is 3.04. The van der Waals surface area contributed by atoms with Crippen LogP contribution in [0.4, 0.5) is 4.39 Å². The number of aliphatic imine (C=N–C) groups is 1. The maximum absolute atomic E-state index is 13.4. The van der Waals surface area contributed by atoms with E-state index in [4.69, 9.17) is 9.73 Å². The number of nitrogens with one attached hydrogen (secondary N) is 2. The first-order valence-corrected chi connectivity index (χ1v) is 9.81. The molecule has 0 bridgehead atoms. The zero-order valence-electron chi connectivity index (χ0n) is 17.1. The lowest BCUT2D eigenvalue weighted by Crippen LogP contribution is -2.42. The number of hydrogen-bond donors (Lipinski definition) is 2. The molecule has 1 aromatic rings. The summed E-state index contributed by atoms with van der Waals surface area (Å²) in [6, 6.07) is 6.66. The van der Waals surface area contributed by atoms with Crippen molar-refractivity contribution in [2.75, 3.05) is 60.0 Å². The van der Waals surface area contributed by atoms with E-state index in [-0.39, 0.29) is 17.8 Å². The summed E-state index contributed by atoms with van der Waals surface area (Å²) in [5, 5.41) is 6.43. The fourth-order valence-corrected chi connectivity index (χ4v) is 3.04. The van der Waals surface area contributed by atoms with Crippen molar-refractivity contribution in [2.45, 2.75) is 19.4 Å². The molecule has 1 saturated heterocycles. The number of ether oxygens (including phenoxy) is 1. The zero-order valence-corrected chi connectivity index (χ0v) is 17.1. The van der Waals surface area contributed by atoms with Crippen LogP contribution in [0.1, 0.15) is 24.9 Å². The molecule has 7 nitrogen and oxygen atoms in total. The Labute approximate surface area is 166 Å². The molecule has 156 valence electrons. The molecule has 0 saturated carbocycles. The van der Waals surface area contributed by atoms with E-state index in [1.807, 2.05) is 19.1 Å². The van der Waals surface area contributed by atoms with Crippen LogP contribution in [0.25, 0.3) is 0 Å². The van der Waals surface area contributed by atoms with Gasteiger partial charge in [-0.2, -0.15) is 0 Å². The molecule has 0 spiro atoms. The normalized spacial score (nSPS) is 16.5. The van der Waals surface area contributed by atoms with Gasteiger partial charge in [0.25, 0.3) is 0 Å². The summed E-state index contributed by atoms with van der Waals surface area (Å²) in [7, 11) is 3.49. The second kappa shape index (κ2) is 11.6. The number of morpholine rings is 1. The van der Waals surface area contributed by atoms with Gasteiger partial charge >= 0.3 is 0 Å². The van der Waals surface area contributed by atoms with Gasteiger partial charge in [0.15, 0.2) is 5.96 Å². The van der Waals surface area contributed by atoms with Crippen LogP contribution in [-0.4, -0.2) is 81.7 Å². The van der Waals surface area contributed by atoms with Crippen molar-refractivity contribution in [1.82, 2.24) is 20.4 Å². The molecule has 1 amide bonds. The van der Waals surface area contributed by atoms with Gasteiger partial charge in [-0.25, -0.2) is 4.39 Å². The number of rotatable bonds is 8. The second-order valence-electron chi connectivity index (χ2n) is 6.90. The average Bonchev–Trinajstić information content (AvgIpc) is 2.70. The second-order valence-corrected chi connectivity index (χ2v) is 6.90. The molecule has 0 radical (unpaired) electrons. The van der Waals surface area contributed by atoms with Gasteiger partial charge in [-0.1, -0.05) is 12.1 Å². The molecule has 28 heavy (non-hydrogen) atoms. The third kappa shape index (κ3) is 7.09. The fraction of sp³-hybridized carbons (Fsp3) is 0.600. The molecular weight excluding hydrogens is 361 g/mol. The van der Waals surface area contributed by atoms with Crippen molar-refractivity contribution in [3.63, 3.8) is 0 Å². The van der Waals surface area contributed by atoms with Crippen molar-refractivity contribution in [1.29, 1.82) is 0 Å². The van der Waals surface area contributed by atoms with Gasteiger partial charge in [0.1, 0.15) is 5.82 Å². The van der Waals surface area contributed by atoms with Crippen molar-refractivity contribution < 1.29 is 13.9 Å². The molecular formula is C20H32FN5O2. The van der Waals surface area contributed by atoms with Gasteiger partial charge in [0, 0.05) is 46.7 Å². The minimum atomic E-state index is -0.242. The van der Waals surface area contributed by atoms with Crippen LogP contribution in [-0.2, 0) is 9.53 Å². The minimum Gasteiger partial charge on any atom is -0.379 e. The van der Waals surface area contributed by atoms with Crippen LogP contribution in [0, 0.1) is 5.82 Å². The molecule has 1 unspecified atom stereocenters. The van der Waals surface area contributed by atoms with Crippen LogP contribution in [0.2, 0.25) is 0 Å². The predicted molar refractivity (Wildman–Crippen MR) is 109 cm³/mol. The van der Waals surface area contributed by atoms with E-state index in [1.165, 1.54) is 12.1 Å². The summed E-state index contributed by atoms with van der Waals surface area (Å²) in [4.78, 5) is 20.4. The molecule has 1 fully saturated rings. The number of hydrogen-bond acceptors (Lipinski definition) is 4. The Hall–Kier alpha value is -2.19. The largest absolute Gasteiger partial charge is 0.379 e. The van der Waals surface area contributed by atoms with Gasteiger partial charge in [-0.3, -0.25) is 14.7 Å². The highest BCUT2D eigenvalue weighted by atomic mass is 19.1. The van der Waals surface area contributed by atoms with Crippen LogP contribution < -0.4 is 10.6 Å². The van der Waals surface area contributed by atoms with Crippen molar-refractivity contribution in [3.05, 3.63) is 35.6 Å². The van der Waals surface area contributed by atoms with Crippen molar-refractivity contribution in [2.24, 2.45) is 4.99 Å². The first-order valence-electron chi connectivity index (χ1n) is 9.81. The summed E-state index contributed by atoms with van der Waals surface area (Å²) in [5.74, 6) is 0.504. The Morgan fingerprint density at radius 3 is 2.54 bits per heavy atom. The van der Waals surface area contributed by atoms with Crippen LogP contribution >= 0.6 is 0 Å². The third-order valence-corrected chi connectivity index (χ3v) is 4.64. The summed E-state index contributed by atoms with van der Waals surface area (Å²) in [5.41, 5.74) is 1.03. The van der Waals surface area contributed by atoms with E-state index in [9.17, 15) is 9.18 Å². The topological polar surface area (TPSA) is 69.2 Å². The highest BCUT2D eigenvalue weighted by Crippen LogP contribution is 2.22. The van der Waals surface area contributed by atoms with Gasteiger partial charge < -0.3 is 20.3 Å². The number of carbonyl (C=O) groups excluding carboxylic acids is 1. The highest BCUT2D eigenvalue weighted by molar-refractivity contribution is 5.81. The molecule has 8 heteroatoms. The maximum Gasteiger partial charge on any atom is 0.223 e. The third-order valence-electron chi connectivity index (χ3n) is 4.64. The number of guanidine groups is 1. The predicted octanol–water partition coefficient (Wildman–Crippen LogP) is 1.23. The lowest BCUT2D eigenvalue weighted by Gasteiger charge is -2.34. The van der Waals surface area contributed by atoms with Gasteiger partial charge in [-0.15, -0.1) is 0 Å². The lowest BCUT2D eigenvalue weighted by molar-refractivity contribution is -0.128. The SMILES string of the molecule is CCNC(=NCC(c1ccc(F)cc1)N1CCOCC1)NCCC(=O)N(C)C. The monoisotopic (exact) mass is 393 g/mol. The number of nitrogens with zero attached hydrogens (tertiary/aromatic N) is 3. The van der Waals surface area contributed by atoms with E-state index in [1.54, 1.807) is 19.0 Å². The first kappa shape index (κ1) is 22.1. The molecule has 1 aromatic carbocycles. The van der Waals surface area contributed by atoms with E-state index in [0.717, 1.165) is 25.2 Å². The summed E-state index contributed by atoms with van der Waals surface area (Å²) in [6.45, 7) is 6.79. The number of halogens is 1. The number of carbonyl (C=O) groups is 1. The van der Waals surface area contributed by atoms with E-state index in [0.29, 0.717) is 38.7 Å². The van der Waals surface area contributed by atoms with E-state index in [2.05, 4.69) is 15.5 Å². The molecule has 0 aromatic heterocycles. The summed E-state index contributed by atoms with van der Waals surface area (Å²) >= 11 is 0. The Morgan fingerprint density at radius 2 is 1.93 bits per heavy atom. The van der Waals surface area contributed by atoms with Crippen LogP contribution in [0.15, 0.2) is 29.3 Å². The zero-order chi connectivity index (χ0) is 20.4. The number of benzene rings is 1. The number of amides is 1. The first-order chi connectivity index (χ1) is 13.5. The molecule has 0 aliphatic carbocycles. The minimum absolute atomic E-state index is 0.0448. The molecule has 1 atom stereocenters. The molecule has 1 heterocycles. The average molecular weight is 394 g/mol. The molecule has 2 rings (SSSR count). The van der Waals surface area contributed by atoms with E-state index >= 15 is 0 Å². The van der Waals surface area contributed by atoms with E-state index < -0.39 is 0 Å². The Kier molecular flexibility index (Phi) is 9.16. The van der Waals surface area contributed by atoms with Gasteiger partial charge in [0.05, 0.1) is 25.8 Å².